The molecule has 2 aromatic carbocycles. The number of rotatable bonds is 18. The third-order valence-electron chi connectivity index (χ3n) is 13.1. The molecule has 0 radical (unpaired) electrons. The number of sulfonamides is 2. The van der Waals surface area contributed by atoms with E-state index in [0.29, 0.717) is 80.5 Å². The van der Waals surface area contributed by atoms with Crippen molar-refractivity contribution in [2.75, 3.05) is 45.9 Å². The Morgan fingerprint density at radius 1 is 0.642 bits per heavy atom. The Balaban J connectivity index is 0.000000199. The van der Waals surface area contributed by atoms with Crippen LogP contribution >= 0.6 is 45.9 Å². The van der Waals surface area contributed by atoms with Crippen molar-refractivity contribution in [3.05, 3.63) is 104 Å². The van der Waals surface area contributed by atoms with E-state index < -0.39 is 20.0 Å². The molecule has 2 aromatic heterocycles. The minimum absolute atomic E-state index is 0.212. The summed E-state index contributed by atoms with van der Waals surface area (Å²) in [5, 5.41) is 14.2. The standard InChI is InChI=1S/C25H32ClN3O3S2.C23H32ClN3O4S2/c26-20-7-5-18(6-8-20)25(30)27-16-22-9-10-24(33-22)34(31,32)29-12-1-2-21(11-13-29)28-23-15-17-3-4-19(23)14-17;1-2-15-31-16-12-25-20-4-3-13-27(14-11-20)33(29,30)22-10-9-21(32-22)17-26-23(28)18-5-7-19(24)8-6-18/h5-10,17,19,21,23,28H,1-4,11-16H2,(H,27,30);5-10,20,25H,2-4,11-17H2,1H3,(H,26,28)/t17-,19+,21?,23+;/m0./s1. The molecule has 13 nitrogen and oxygen atoms in total. The number of carbonyl (C=O) groups is 2. The molecule has 4 N–H and O–H groups in total. The monoisotopic (exact) mass is 1030 g/mol. The smallest absolute Gasteiger partial charge is 0.252 e. The number of hydrogen-bond acceptors (Lipinski definition) is 11. The summed E-state index contributed by atoms with van der Waals surface area (Å²) in [6.45, 7) is 7.02. The molecule has 2 bridgehead atoms. The van der Waals surface area contributed by atoms with Crippen LogP contribution in [0.2, 0.25) is 10.0 Å². The van der Waals surface area contributed by atoms with Crippen LogP contribution in [0.25, 0.3) is 0 Å². The number of halogens is 2. The second kappa shape index (κ2) is 24.8. The fourth-order valence-corrected chi connectivity index (χ4v) is 15.6. The summed E-state index contributed by atoms with van der Waals surface area (Å²) in [5.41, 5.74) is 1.03. The Labute approximate surface area is 414 Å². The highest BCUT2D eigenvalue weighted by Gasteiger charge is 2.40. The molecule has 2 amide bonds. The molecule has 19 heteroatoms. The molecule has 2 aliphatic carbocycles. The number of benzene rings is 2. The first-order chi connectivity index (χ1) is 32.3. The van der Waals surface area contributed by atoms with Gasteiger partial charge >= 0.3 is 0 Å². The second-order valence-corrected chi connectivity index (χ2v) is 25.4. The number of nitrogens with zero attached hydrogens (tertiary/aromatic N) is 2. The summed E-state index contributed by atoms with van der Waals surface area (Å²) in [7, 11) is -7.07. The van der Waals surface area contributed by atoms with Crippen LogP contribution in [0, 0.1) is 11.8 Å². The molecule has 4 fully saturated rings. The Morgan fingerprint density at radius 3 is 1.66 bits per heavy atom. The van der Waals surface area contributed by atoms with Crippen LogP contribution in [-0.4, -0.2) is 101 Å². The Hall–Kier alpha value is -2.94. The molecule has 366 valence electrons. The highest BCUT2D eigenvalue weighted by molar-refractivity contribution is 7.91. The van der Waals surface area contributed by atoms with E-state index in [2.05, 4.69) is 28.2 Å². The van der Waals surface area contributed by atoms with E-state index in [-0.39, 0.29) is 24.9 Å². The molecular formula is C48H64Cl2N6O7S4. The van der Waals surface area contributed by atoms with E-state index in [1.54, 1.807) is 81.4 Å². The topological polar surface area (TPSA) is 166 Å². The summed E-state index contributed by atoms with van der Waals surface area (Å²) >= 11 is 14.2. The summed E-state index contributed by atoms with van der Waals surface area (Å²) in [4.78, 5) is 26.2. The molecule has 5 atom stereocenters. The Morgan fingerprint density at radius 2 is 1.16 bits per heavy atom. The lowest BCUT2D eigenvalue weighted by atomic mass is 9.94. The molecule has 2 unspecified atom stereocenters. The Bertz CT molecular complexity index is 2450. The molecule has 4 aliphatic rings. The fraction of sp³-hybridized carbons (Fsp3) is 0.542. The molecule has 4 aromatic rings. The lowest BCUT2D eigenvalue weighted by Gasteiger charge is -2.28. The van der Waals surface area contributed by atoms with Crippen LogP contribution in [0.15, 0.2) is 81.2 Å². The SMILES string of the molecule is CCCOCCNC1CCCN(S(=O)(=O)c2ccc(CNC(=O)c3ccc(Cl)cc3)s2)CC1.O=C(NCc1ccc(S(=O)(=O)N2CCCC(N[C@@H]3C[C@H]4CC[C@@H]3C4)CC2)s1)c1ccc(Cl)cc1. The highest BCUT2D eigenvalue weighted by atomic mass is 35.5. The van der Waals surface area contributed by atoms with Gasteiger partial charge in [-0.25, -0.2) is 16.8 Å². The summed E-state index contributed by atoms with van der Waals surface area (Å²) in [5.74, 6) is 1.30. The largest absolute Gasteiger partial charge is 0.380 e. The zero-order chi connectivity index (χ0) is 47.4. The van der Waals surface area contributed by atoms with Gasteiger partial charge in [0, 0.05) is 88.4 Å². The van der Waals surface area contributed by atoms with Gasteiger partial charge in [0.05, 0.1) is 19.7 Å². The fourth-order valence-electron chi connectivity index (χ4n) is 9.50. The number of ether oxygens (including phenoxy) is 1. The predicted molar refractivity (Wildman–Crippen MR) is 268 cm³/mol. The van der Waals surface area contributed by atoms with Gasteiger partial charge in [-0.1, -0.05) is 36.5 Å². The van der Waals surface area contributed by atoms with Crippen molar-refractivity contribution in [2.24, 2.45) is 11.8 Å². The van der Waals surface area contributed by atoms with Gasteiger partial charge in [-0.05, 0) is 149 Å². The minimum atomic E-state index is -3.54. The molecule has 8 rings (SSSR count). The normalized spacial score (nSPS) is 22.6. The molecular weight excluding hydrogens is 972 g/mol. The average Bonchev–Trinajstić information content (AvgIpc) is 4.12. The van der Waals surface area contributed by atoms with Crippen molar-refractivity contribution in [1.82, 2.24) is 29.9 Å². The van der Waals surface area contributed by atoms with Gasteiger partial charge in [0.1, 0.15) is 8.42 Å². The highest BCUT2D eigenvalue weighted by Crippen LogP contribution is 2.45. The molecule has 2 saturated heterocycles. The number of carbonyl (C=O) groups excluding carboxylic acids is 2. The van der Waals surface area contributed by atoms with Crippen LogP contribution in [0.4, 0.5) is 0 Å². The molecule has 67 heavy (non-hydrogen) atoms. The van der Waals surface area contributed by atoms with Crippen molar-refractivity contribution in [3.63, 3.8) is 0 Å². The zero-order valence-electron chi connectivity index (χ0n) is 38.1. The minimum Gasteiger partial charge on any atom is -0.380 e. The van der Waals surface area contributed by atoms with Crippen LogP contribution < -0.4 is 21.3 Å². The molecule has 2 saturated carbocycles. The summed E-state index contributed by atoms with van der Waals surface area (Å²) < 4.78 is 62.4. The van der Waals surface area contributed by atoms with Crippen molar-refractivity contribution in [1.29, 1.82) is 0 Å². The molecule has 2 aliphatic heterocycles. The maximum absolute atomic E-state index is 13.3. The lowest BCUT2D eigenvalue weighted by Crippen LogP contribution is -2.42. The van der Waals surface area contributed by atoms with Crippen molar-refractivity contribution in [2.45, 2.75) is 117 Å². The van der Waals surface area contributed by atoms with E-state index in [1.807, 2.05) is 0 Å². The number of fused-ring (bicyclic) bond motifs is 2. The van der Waals surface area contributed by atoms with E-state index in [4.69, 9.17) is 27.9 Å². The quantitative estimate of drug-likeness (QED) is 0.0715. The second-order valence-electron chi connectivity index (χ2n) is 17.9. The molecule has 0 spiro atoms. The Kier molecular flexibility index (Phi) is 19.2. The number of amides is 2. The number of thiophene rings is 2. The summed E-state index contributed by atoms with van der Waals surface area (Å²) in [6.07, 6.45) is 11.8. The lowest BCUT2D eigenvalue weighted by molar-refractivity contribution is 0.0943. The van der Waals surface area contributed by atoms with Gasteiger partial charge < -0.3 is 26.0 Å². The van der Waals surface area contributed by atoms with E-state index in [1.165, 1.54) is 48.4 Å². The van der Waals surface area contributed by atoms with Gasteiger partial charge in [-0.15, -0.1) is 22.7 Å². The van der Waals surface area contributed by atoms with Crippen LogP contribution in [0.5, 0.6) is 0 Å². The van der Waals surface area contributed by atoms with Crippen LogP contribution in [0.3, 0.4) is 0 Å². The third kappa shape index (κ3) is 14.6. The average molecular weight is 1040 g/mol. The first kappa shape index (κ1) is 51.9. The van der Waals surface area contributed by atoms with Crippen molar-refractivity contribution >= 4 is 77.7 Å². The van der Waals surface area contributed by atoms with E-state index in [9.17, 15) is 26.4 Å². The predicted octanol–water partition coefficient (Wildman–Crippen LogP) is 8.54. The number of nitrogens with one attached hydrogen (secondary N) is 4. The van der Waals surface area contributed by atoms with Gasteiger partial charge in [-0.3, -0.25) is 9.59 Å². The van der Waals surface area contributed by atoms with Crippen LogP contribution in [-0.2, 0) is 37.9 Å². The van der Waals surface area contributed by atoms with Gasteiger partial charge in [0.2, 0.25) is 0 Å². The van der Waals surface area contributed by atoms with Crippen molar-refractivity contribution in [3.8, 4) is 0 Å². The zero-order valence-corrected chi connectivity index (χ0v) is 42.9. The first-order valence-corrected chi connectivity index (χ1v) is 28.9. The van der Waals surface area contributed by atoms with E-state index >= 15 is 0 Å². The van der Waals surface area contributed by atoms with Gasteiger partial charge in [-0.2, -0.15) is 8.61 Å². The third-order valence-corrected chi connectivity index (χ3v) is 20.5. The maximum Gasteiger partial charge on any atom is 0.252 e. The summed E-state index contributed by atoms with van der Waals surface area (Å²) in [6, 6.07) is 21.5. The number of hydrogen-bond donors (Lipinski definition) is 4. The van der Waals surface area contributed by atoms with Gasteiger partial charge in [0.25, 0.3) is 31.9 Å². The molecule has 4 heterocycles. The van der Waals surface area contributed by atoms with Crippen molar-refractivity contribution < 1.29 is 31.2 Å². The van der Waals surface area contributed by atoms with E-state index in [0.717, 1.165) is 79.7 Å². The van der Waals surface area contributed by atoms with Gasteiger partial charge in [0.15, 0.2) is 0 Å². The maximum atomic E-state index is 13.3. The van der Waals surface area contributed by atoms with Crippen LogP contribution in [0.1, 0.15) is 108 Å². The first-order valence-electron chi connectivity index (χ1n) is 23.6.